The van der Waals surface area contributed by atoms with Gasteiger partial charge in [-0.2, -0.15) is 4.99 Å². The van der Waals surface area contributed by atoms with Gasteiger partial charge in [0, 0.05) is 18.7 Å². The van der Waals surface area contributed by atoms with Crippen LogP contribution in [0.1, 0.15) is 28.8 Å². The fourth-order valence-electron chi connectivity index (χ4n) is 2.30. The van der Waals surface area contributed by atoms with Crippen molar-refractivity contribution in [2.24, 2.45) is 27.2 Å². The molecule has 1 saturated heterocycles. The molecule has 0 spiro atoms. The SMILES string of the molecule is Cc1cc(C(=O)N2CCCC2)ccc1N=C(N)N=C(N)N. The number of carbonyl (C=O) groups excluding carboxylic acids is 1. The van der Waals surface area contributed by atoms with Crippen molar-refractivity contribution in [3.8, 4) is 0 Å². The molecule has 0 unspecified atom stereocenters. The number of likely N-dealkylation sites (tertiary alicyclic amines) is 1. The van der Waals surface area contributed by atoms with E-state index >= 15 is 0 Å². The Bertz CT molecular complexity index is 597. The van der Waals surface area contributed by atoms with E-state index in [4.69, 9.17) is 17.2 Å². The van der Waals surface area contributed by atoms with E-state index in [1.807, 2.05) is 17.9 Å². The molecule has 1 fully saturated rings. The van der Waals surface area contributed by atoms with Crippen LogP contribution >= 0.6 is 0 Å². The summed E-state index contributed by atoms with van der Waals surface area (Å²) in [4.78, 5) is 21.9. The van der Waals surface area contributed by atoms with Crippen molar-refractivity contribution in [2.75, 3.05) is 13.1 Å². The van der Waals surface area contributed by atoms with Gasteiger partial charge in [-0.3, -0.25) is 4.79 Å². The second kappa shape index (κ2) is 6.25. The van der Waals surface area contributed by atoms with Gasteiger partial charge in [0.05, 0.1) is 5.69 Å². The van der Waals surface area contributed by atoms with Crippen LogP contribution in [-0.4, -0.2) is 35.8 Å². The van der Waals surface area contributed by atoms with Crippen LogP contribution in [0.15, 0.2) is 28.2 Å². The lowest BCUT2D eigenvalue weighted by molar-refractivity contribution is 0.0793. The van der Waals surface area contributed by atoms with Crippen LogP contribution in [0.5, 0.6) is 0 Å². The molecular formula is C14H20N6O. The quantitative estimate of drug-likeness (QED) is 0.540. The smallest absolute Gasteiger partial charge is 0.253 e. The number of rotatable bonds is 2. The summed E-state index contributed by atoms with van der Waals surface area (Å²) in [6.07, 6.45) is 2.14. The average Bonchev–Trinajstić information content (AvgIpc) is 2.93. The first-order chi connectivity index (χ1) is 9.97. The number of aliphatic imine (C=N–C) groups is 2. The molecule has 0 aromatic heterocycles. The summed E-state index contributed by atoms with van der Waals surface area (Å²) >= 11 is 0. The summed E-state index contributed by atoms with van der Waals surface area (Å²) in [7, 11) is 0. The van der Waals surface area contributed by atoms with Gasteiger partial charge in [-0.05, 0) is 43.5 Å². The van der Waals surface area contributed by atoms with Gasteiger partial charge in [0.1, 0.15) is 0 Å². The normalized spacial score (nSPS) is 15.1. The Morgan fingerprint density at radius 2 is 1.86 bits per heavy atom. The van der Waals surface area contributed by atoms with Crippen LogP contribution in [0, 0.1) is 6.92 Å². The minimum atomic E-state index is -0.144. The van der Waals surface area contributed by atoms with Gasteiger partial charge in [-0.25, -0.2) is 4.99 Å². The third-order valence-corrected chi connectivity index (χ3v) is 3.32. The molecule has 1 heterocycles. The molecule has 2 rings (SSSR count). The van der Waals surface area contributed by atoms with E-state index in [-0.39, 0.29) is 17.8 Å². The van der Waals surface area contributed by atoms with E-state index in [1.165, 1.54) is 0 Å². The summed E-state index contributed by atoms with van der Waals surface area (Å²) in [6.45, 7) is 3.52. The molecule has 7 nitrogen and oxygen atoms in total. The molecule has 112 valence electrons. The van der Waals surface area contributed by atoms with Crippen LogP contribution in [0.25, 0.3) is 0 Å². The lowest BCUT2D eigenvalue weighted by Gasteiger charge is -2.15. The maximum Gasteiger partial charge on any atom is 0.253 e. The Balaban J connectivity index is 2.21. The van der Waals surface area contributed by atoms with Crippen molar-refractivity contribution in [2.45, 2.75) is 19.8 Å². The number of hydrogen-bond acceptors (Lipinski definition) is 2. The third kappa shape index (κ3) is 3.71. The highest BCUT2D eigenvalue weighted by molar-refractivity contribution is 5.96. The van der Waals surface area contributed by atoms with Crippen LogP contribution < -0.4 is 17.2 Å². The van der Waals surface area contributed by atoms with Crippen molar-refractivity contribution in [1.82, 2.24) is 4.90 Å². The van der Waals surface area contributed by atoms with E-state index in [9.17, 15) is 4.79 Å². The summed E-state index contributed by atoms with van der Waals surface area (Å²) in [5.74, 6) is -0.102. The lowest BCUT2D eigenvalue weighted by atomic mass is 10.1. The fraction of sp³-hybridized carbons (Fsp3) is 0.357. The maximum atomic E-state index is 12.3. The van der Waals surface area contributed by atoms with E-state index in [0.29, 0.717) is 11.3 Å². The Hall–Kier alpha value is -2.57. The Morgan fingerprint density at radius 3 is 2.43 bits per heavy atom. The highest BCUT2D eigenvalue weighted by atomic mass is 16.2. The molecule has 1 aromatic carbocycles. The van der Waals surface area contributed by atoms with Gasteiger partial charge in [0.25, 0.3) is 5.91 Å². The van der Waals surface area contributed by atoms with Crippen molar-refractivity contribution in [3.05, 3.63) is 29.3 Å². The summed E-state index contributed by atoms with van der Waals surface area (Å²) in [6, 6.07) is 5.30. The first kappa shape index (κ1) is 14.8. The fourth-order valence-corrected chi connectivity index (χ4v) is 2.30. The topological polar surface area (TPSA) is 123 Å². The van der Waals surface area contributed by atoms with Crippen molar-refractivity contribution in [1.29, 1.82) is 0 Å². The molecule has 7 heteroatoms. The molecule has 0 aliphatic carbocycles. The molecule has 0 atom stereocenters. The maximum absolute atomic E-state index is 12.3. The van der Waals surface area contributed by atoms with E-state index in [1.54, 1.807) is 12.1 Å². The molecule has 1 aliphatic heterocycles. The predicted molar refractivity (Wildman–Crippen MR) is 83.4 cm³/mol. The standard InChI is InChI=1S/C14H20N6O/c1-9-8-10(12(21)20-6-2-3-7-20)4-5-11(9)18-14(17)19-13(15)16/h4-5,8H,2-3,6-7H2,1H3,(H6,15,16,17,18,19). The molecule has 0 bridgehead atoms. The van der Waals surface area contributed by atoms with Crippen molar-refractivity contribution in [3.63, 3.8) is 0 Å². The molecular weight excluding hydrogens is 268 g/mol. The number of benzene rings is 1. The zero-order valence-corrected chi connectivity index (χ0v) is 12.0. The third-order valence-electron chi connectivity index (χ3n) is 3.32. The minimum Gasteiger partial charge on any atom is -0.370 e. The summed E-state index contributed by atoms with van der Waals surface area (Å²) < 4.78 is 0. The molecule has 1 aromatic rings. The Morgan fingerprint density at radius 1 is 1.19 bits per heavy atom. The van der Waals surface area contributed by atoms with Crippen LogP contribution in [0.3, 0.4) is 0 Å². The average molecular weight is 288 g/mol. The second-order valence-electron chi connectivity index (χ2n) is 5.01. The number of aryl methyl sites for hydroxylation is 1. The molecule has 0 saturated carbocycles. The molecule has 21 heavy (non-hydrogen) atoms. The minimum absolute atomic E-state index is 0.0169. The summed E-state index contributed by atoms with van der Waals surface area (Å²) in [5, 5.41) is 0. The molecule has 6 N–H and O–H groups in total. The second-order valence-corrected chi connectivity index (χ2v) is 5.01. The first-order valence-corrected chi connectivity index (χ1v) is 6.81. The van der Waals surface area contributed by atoms with Gasteiger partial charge < -0.3 is 22.1 Å². The zero-order chi connectivity index (χ0) is 15.4. The van der Waals surface area contributed by atoms with E-state index in [2.05, 4.69) is 9.98 Å². The first-order valence-electron chi connectivity index (χ1n) is 6.81. The largest absolute Gasteiger partial charge is 0.370 e. The van der Waals surface area contributed by atoms with Gasteiger partial charge in [-0.1, -0.05) is 0 Å². The monoisotopic (exact) mass is 288 g/mol. The number of guanidine groups is 2. The summed E-state index contributed by atoms with van der Waals surface area (Å²) in [5.41, 5.74) is 18.2. The van der Waals surface area contributed by atoms with Gasteiger partial charge in [-0.15, -0.1) is 0 Å². The molecule has 0 radical (unpaired) electrons. The van der Waals surface area contributed by atoms with Crippen LogP contribution in [-0.2, 0) is 0 Å². The molecule has 1 aliphatic rings. The van der Waals surface area contributed by atoms with E-state index < -0.39 is 0 Å². The van der Waals surface area contributed by atoms with Gasteiger partial charge in [0.2, 0.25) is 5.96 Å². The predicted octanol–water partition coefficient (Wildman–Crippen LogP) is 0.451. The lowest BCUT2D eigenvalue weighted by Crippen LogP contribution is -2.27. The van der Waals surface area contributed by atoms with Crippen molar-refractivity contribution >= 4 is 23.5 Å². The highest BCUT2D eigenvalue weighted by Gasteiger charge is 2.19. The Labute approximate surface area is 123 Å². The number of nitrogens with two attached hydrogens (primary N) is 3. The van der Waals surface area contributed by atoms with Crippen molar-refractivity contribution < 1.29 is 4.79 Å². The highest BCUT2D eigenvalue weighted by Crippen LogP contribution is 2.21. The number of amides is 1. The number of hydrogen-bond donors (Lipinski definition) is 3. The Kier molecular flexibility index (Phi) is 4.42. The van der Waals surface area contributed by atoms with E-state index in [0.717, 1.165) is 31.5 Å². The van der Waals surface area contributed by atoms with Crippen LogP contribution in [0.4, 0.5) is 5.69 Å². The van der Waals surface area contributed by atoms with Crippen LogP contribution in [0.2, 0.25) is 0 Å². The van der Waals surface area contributed by atoms with Gasteiger partial charge in [0.15, 0.2) is 5.96 Å². The zero-order valence-electron chi connectivity index (χ0n) is 12.0. The van der Waals surface area contributed by atoms with Gasteiger partial charge >= 0.3 is 0 Å². The number of nitrogens with zero attached hydrogens (tertiary/aromatic N) is 3. The number of carbonyl (C=O) groups is 1. The molecule has 1 amide bonds.